The van der Waals surface area contributed by atoms with Gasteiger partial charge in [0.1, 0.15) is 12.1 Å². The SMILES string of the molecule is NCC(=O)NC(Cc1ccccc1)C(=O)NCC(=O)NC(Cc1cnc[nH]1)C(=O)O. The molecule has 160 valence electrons. The summed E-state index contributed by atoms with van der Waals surface area (Å²) in [4.78, 5) is 54.2. The van der Waals surface area contributed by atoms with E-state index in [1.54, 1.807) is 24.3 Å². The first-order valence-electron chi connectivity index (χ1n) is 9.19. The number of nitrogens with one attached hydrogen (secondary N) is 4. The number of nitrogens with zero attached hydrogens (tertiary/aromatic N) is 1. The van der Waals surface area contributed by atoms with Crippen molar-refractivity contribution in [3.8, 4) is 0 Å². The second kappa shape index (κ2) is 11.3. The quantitative estimate of drug-likeness (QED) is 0.253. The number of aromatic nitrogens is 2. The number of carboxylic acids is 1. The van der Waals surface area contributed by atoms with E-state index >= 15 is 0 Å². The van der Waals surface area contributed by atoms with E-state index in [4.69, 9.17) is 5.73 Å². The van der Waals surface area contributed by atoms with Crippen LogP contribution in [0.5, 0.6) is 0 Å². The molecule has 1 heterocycles. The number of carbonyl (C=O) groups excluding carboxylic acids is 3. The Labute approximate surface area is 172 Å². The van der Waals surface area contributed by atoms with Gasteiger partial charge in [-0.15, -0.1) is 0 Å². The van der Waals surface area contributed by atoms with Crippen LogP contribution in [0, 0.1) is 0 Å². The van der Waals surface area contributed by atoms with E-state index < -0.39 is 42.3 Å². The number of carbonyl (C=O) groups is 4. The highest BCUT2D eigenvalue weighted by atomic mass is 16.4. The molecule has 0 aliphatic heterocycles. The second-order valence-corrected chi connectivity index (χ2v) is 6.47. The first-order chi connectivity index (χ1) is 14.4. The molecule has 0 radical (unpaired) electrons. The summed E-state index contributed by atoms with van der Waals surface area (Å²) in [6.07, 6.45) is 3.08. The van der Waals surface area contributed by atoms with Crippen LogP contribution < -0.4 is 21.7 Å². The number of nitrogens with two attached hydrogens (primary N) is 1. The Kier molecular flexibility index (Phi) is 8.51. The lowest BCUT2D eigenvalue weighted by molar-refractivity contribution is -0.141. The highest BCUT2D eigenvalue weighted by Gasteiger charge is 2.24. The van der Waals surface area contributed by atoms with Crippen LogP contribution in [0.15, 0.2) is 42.9 Å². The molecule has 0 aliphatic carbocycles. The fraction of sp³-hybridized carbons (Fsp3) is 0.316. The largest absolute Gasteiger partial charge is 0.480 e. The van der Waals surface area contributed by atoms with Crippen LogP contribution in [0.2, 0.25) is 0 Å². The molecule has 0 bridgehead atoms. The van der Waals surface area contributed by atoms with Crippen molar-refractivity contribution in [2.75, 3.05) is 13.1 Å². The molecule has 0 spiro atoms. The molecular weight excluding hydrogens is 392 g/mol. The number of benzene rings is 1. The van der Waals surface area contributed by atoms with Crippen molar-refractivity contribution < 1.29 is 24.3 Å². The smallest absolute Gasteiger partial charge is 0.326 e. The van der Waals surface area contributed by atoms with Gasteiger partial charge in [-0.3, -0.25) is 14.4 Å². The van der Waals surface area contributed by atoms with Gasteiger partial charge >= 0.3 is 5.97 Å². The van der Waals surface area contributed by atoms with Crippen molar-refractivity contribution in [3.05, 3.63) is 54.1 Å². The first kappa shape index (κ1) is 22.6. The van der Waals surface area contributed by atoms with E-state index in [0.29, 0.717) is 5.69 Å². The summed E-state index contributed by atoms with van der Waals surface area (Å²) in [7, 11) is 0. The highest BCUT2D eigenvalue weighted by Crippen LogP contribution is 2.04. The van der Waals surface area contributed by atoms with Crippen molar-refractivity contribution in [2.45, 2.75) is 24.9 Å². The van der Waals surface area contributed by atoms with Gasteiger partial charge in [-0.1, -0.05) is 30.3 Å². The number of rotatable bonds is 11. The molecule has 2 atom stereocenters. The minimum absolute atomic E-state index is 0.0121. The van der Waals surface area contributed by atoms with Gasteiger partial charge in [0.2, 0.25) is 17.7 Å². The molecule has 2 unspecified atom stereocenters. The standard InChI is InChI=1S/C19H24N6O5/c20-8-16(26)24-14(6-12-4-2-1-3-5-12)18(28)22-10-17(27)25-15(19(29)30)7-13-9-21-11-23-13/h1-5,9,11,14-15H,6-8,10,20H2,(H,21,23)(H,22,28)(H,24,26)(H,25,27)(H,29,30). The van der Waals surface area contributed by atoms with E-state index in [1.807, 2.05) is 6.07 Å². The van der Waals surface area contributed by atoms with E-state index in [2.05, 4.69) is 25.9 Å². The van der Waals surface area contributed by atoms with Crippen LogP contribution in [-0.2, 0) is 32.0 Å². The summed E-state index contributed by atoms with van der Waals surface area (Å²) >= 11 is 0. The predicted molar refractivity (Wildman–Crippen MR) is 106 cm³/mol. The minimum Gasteiger partial charge on any atom is -0.480 e. The second-order valence-electron chi connectivity index (χ2n) is 6.47. The van der Waals surface area contributed by atoms with Crippen molar-refractivity contribution in [1.29, 1.82) is 0 Å². The van der Waals surface area contributed by atoms with Crippen molar-refractivity contribution in [1.82, 2.24) is 25.9 Å². The molecule has 2 aromatic rings. The Morgan fingerprint density at radius 3 is 2.33 bits per heavy atom. The van der Waals surface area contributed by atoms with Gasteiger partial charge < -0.3 is 31.8 Å². The minimum atomic E-state index is -1.22. The lowest BCUT2D eigenvalue weighted by Gasteiger charge is -2.19. The molecule has 0 fully saturated rings. The highest BCUT2D eigenvalue weighted by molar-refractivity contribution is 5.92. The number of amides is 3. The lowest BCUT2D eigenvalue weighted by Crippen LogP contribution is -2.52. The molecule has 0 saturated carbocycles. The predicted octanol–water partition coefficient (Wildman–Crippen LogP) is -1.68. The molecule has 1 aromatic carbocycles. The summed E-state index contributed by atoms with van der Waals surface area (Å²) < 4.78 is 0. The van der Waals surface area contributed by atoms with Gasteiger partial charge in [0.25, 0.3) is 0 Å². The number of imidazole rings is 1. The average molecular weight is 416 g/mol. The molecule has 11 nitrogen and oxygen atoms in total. The molecule has 11 heteroatoms. The van der Waals surface area contributed by atoms with Crippen molar-refractivity contribution >= 4 is 23.7 Å². The fourth-order valence-electron chi connectivity index (χ4n) is 2.66. The number of hydrogen-bond donors (Lipinski definition) is 6. The van der Waals surface area contributed by atoms with E-state index in [0.717, 1.165) is 5.56 Å². The molecular formula is C19H24N6O5. The zero-order chi connectivity index (χ0) is 21.9. The van der Waals surface area contributed by atoms with Gasteiger partial charge in [-0.2, -0.15) is 0 Å². The zero-order valence-corrected chi connectivity index (χ0v) is 16.1. The Morgan fingerprint density at radius 1 is 1.03 bits per heavy atom. The number of aliphatic carboxylic acids is 1. The monoisotopic (exact) mass is 416 g/mol. The first-order valence-corrected chi connectivity index (χ1v) is 9.19. The van der Waals surface area contributed by atoms with Crippen LogP contribution in [-0.4, -0.2) is 63.9 Å². The number of aromatic amines is 1. The topological polar surface area (TPSA) is 179 Å². The van der Waals surface area contributed by atoms with Crippen LogP contribution in [0.1, 0.15) is 11.3 Å². The van der Waals surface area contributed by atoms with E-state index in [1.165, 1.54) is 12.5 Å². The maximum atomic E-state index is 12.5. The summed E-state index contributed by atoms with van der Waals surface area (Å²) in [5.41, 5.74) is 6.66. The Bertz CT molecular complexity index is 856. The summed E-state index contributed by atoms with van der Waals surface area (Å²) in [6.45, 7) is -0.734. The molecule has 3 amide bonds. The molecule has 2 rings (SSSR count). The molecule has 7 N–H and O–H groups in total. The van der Waals surface area contributed by atoms with Gasteiger partial charge in [0, 0.05) is 24.7 Å². The fourth-order valence-corrected chi connectivity index (χ4v) is 2.66. The Hall–Kier alpha value is -3.73. The number of hydrogen-bond acceptors (Lipinski definition) is 6. The van der Waals surface area contributed by atoms with Crippen LogP contribution >= 0.6 is 0 Å². The third-order valence-corrected chi connectivity index (χ3v) is 4.16. The Morgan fingerprint density at radius 2 is 1.73 bits per heavy atom. The molecule has 30 heavy (non-hydrogen) atoms. The van der Waals surface area contributed by atoms with Gasteiger partial charge in [-0.25, -0.2) is 9.78 Å². The van der Waals surface area contributed by atoms with Gasteiger partial charge in [0.15, 0.2) is 0 Å². The lowest BCUT2D eigenvalue weighted by atomic mass is 10.1. The number of H-pyrrole nitrogens is 1. The van der Waals surface area contributed by atoms with E-state index in [-0.39, 0.29) is 19.4 Å². The maximum Gasteiger partial charge on any atom is 0.326 e. The Balaban J connectivity index is 1.92. The normalized spacial score (nSPS) is 12.4. The summed E-state index contributed by atoms with van der Waals surface area (Å²) in [6, 6.07) is 6.90. The van der Waals surface area contributed by atoms with E-state index in [9.17, 15) is 24.3 Å². The molecule has 1 aromatic heterocycles. The third kappa shape index (κ3) is 7.36. The van der Waals surface area contributed by atoms with Crippen molar-refractivity contribution in [2.24, 2.45) is 5.73 Å². The maximum absolute atomic E-state index is 12.5. The van der Waals surface area contributed by atoms with Gasteiger partial charge in [-0.05, 0) is 5.56 Å². The van der Waals surface area contributed by atoms with Crippen LogP contribution in [0.4, 0.5) is 0 Å². The number of carboxylic acid groups (broad SMARTS) is 1. The zero-order valence-electron chi connectivity index (χ0n) is 16.1. The molecule has 0 saturated heterocycles. The van der Waals surface area contributed by atoms with Crippen molar-refractivity contribution in [3.63, 3.8) is 0 Å². The average Bonchev–Trinajstić information content (AvgIpc) is 3.24. The molecule has 0 aliphatic rings. The third-order valence-electron chi connectivity index (χ3n) is 4.16. The summed E-state index contributed by atoms with van der Waals surface area (Å²) in [5, 5.41) is 16.6. The van der Waals surface area contributed by atoms with Gasteiger partial charge in [0.05, 0.1) is 19.4 Å². The van der Waals surface area contributed by atoms with Crippen LogP contribution in [0.3, 0.4) is 0 Å². The van der Waals surface area contributed by atoms with Crippen LogP contribution in [0.25, 0.3) is 0 Å². The summed E-state index contributed by atoms with van der Waals surface area (Å²) in [5.74, 6) is -3.00.